The van der Waals surface area contributed by atoms with Crippen molar-refractivity contribution in [2.45, 2.75) is 13.0 Å². The molecule has 0 aliphatic carbocycles. The van der Waals surface area contributed by atoms with Crippen LogP contribution in [-0.2, 0) is 0 Å². The molecule has 2 nitrogen and oxygen atoms in total. The maximum atomic E-state index is 12.9. The third-order valence-corrected chi connectivity index (χ3v) is 1.72. The van der Waals surface area contributed by atoms with Crippen LogP contribution in [-0.4, -0.2) is 12.2 Å². The van der Waals surface area contributed by atoms with E-state index in [-0.39, 0.29) is 11.3 Å². The molecule has 1 rings (SSSR count). The van der Waals surface area contributed by atoms with Crippen molar-refractivity contribution in [1.82, 2.24) is 0 Å². The molecule has 0 amide bonds. The standard InChI is InChI=1S/C9H10F2O2/c1-5(12)6-3-7(10)9(11)8(4-6)13-2/h3-5,12H,1-2H3. The molecule has 0 spiro atoms. The zero-order chi connectivity index (χ0) is 10.0. The first kappa shape index (κ1) is 9.92. The van der Waals surface area contributed by atoms with Gasteiger partial charge in [-0.15, -0.1) is 0 Å². The molecule has 0 saturated heterocycles. The zero-order valence-corrected chi connectivity index (χ0v) is 7.34. The number of halogens is 2. The Labute approximate surface area is 74.8 Å². The molecule has 0 heterocycles. The number of aliphatic hydroxyl groups is 1. The van der Waals surface area contributed by atoms with Crippen LogP contribution >= 0.6 is 0 Å². The lowest BCUT2D eigenvalue weighted by atomic mass is 10.1. The fourth-order valence-corrected chi connectivity index (χ4v) is 0.974. The highest BCUT2D eigenvalue weighted by Crippen LogP contribution is 2.24. The molecule has 0 saturated carbocycles. The second-order valence-corrected chi connectivity index (χ2v) is 2.69. The van der Waals surface area contributed by atoms with E-state index in [0.717, 1.165) is 6.07 Å². The highest BCUT2D eigenvalue weighted by atomic mass is 19.2. The molecule has 1 atom stereocenters. The Bertz CT molecular complexity index is 311. The van der Waals surface area contributed by atoms with Gasteiger partial charge < -0.3 is 9.84 Å². The second kappa shape index (κ2) is 3.70. The molecule has 0 fully saturated rings. The molecule has 0 radical (unpaired) electrons. The van der Waals surface area contributed by atoms with Crippen LogP contribution < -0.4 is 4.74 Å². The number of benzene rings is 1. The van der Waals surface area contributed by atoms with E-state index in [4.69, 9.17) is 5.11 Å². The summed E-state index contributed by atoms with van der Waals surface area (Å²) in [4.78, 5) is 0. The summed E-state index contributed by atoms with van der Waals surface area (Å²) in [5.74, 6) is -2.25. The SMILES string of the molecule is COc1cc(C(C)O)cc(F)c1F. The molecule has 13 heavy (non-hydrogen) atoms. The average molecular weight is 188 g/mol. The van der Waals surface area contributed by atoms with Gasteiger partial charge in [-0.2, -0.15) is 4.39 Å². The lowest BCUT2D eigenvalue weighted by Gasteiger charge is -2.08. The molecule has 72 valence electrons. The third kappa shape index (κ3) is 1.95. The average Bonchev–Trinajstić information content (AvgIpc) is 2.09. The van der Waals surface area contributed by atoms with Gasteiger partial charge in [0, 0.05) is 0 Å². The smallest absolute Gasteiger partial charge is 0.200 e. The van der Waals surface area contributed by atoms with Crippen molar-refractivity contribution in [2.75, 3.05) is 7.11 Å². The molecular formula is C9H10F2O2. The summed E-state index contributed by atoms with van der Waals surface area (Å²) in [5, 5.41) is 9.11. The summed E-state index contributed by atoms with van der Waals surface area (Å²) >= 11 is 0. The normalized spacial score (nSPS) is 12.7. The van der Waals surface area contributed by atoms with E-state index >= 15 is 0 Å². The topological polar surface area (TPSA) is 29.5 Å². The van der Waals surface area contributed by atoms with Crippen molar-refractivity contribution in [3.05, 3.63) is 29.3 Å². The highest BCUT2D eigenvalue weighted by Gasteiger charge is 2.13. The van der Waals surface area contributed by atoms with Crippen molar-refractivity contribution in [3.8, 4) is 5.75 Å². The van der Waals surface area contributed by atoms with Gasteiger partial charge in [0.15, 0.2) is 11.6 Å². The van der Waals surface area contributed by atoms with E-state index in [1.54, 1.807) is 0 Å². The van der Waals surface area contributed by atoms with Crippen molar-refractivity contribution in [2.24, 2.45) is 0 Å². The maximum absolute atomic E-state index is 12.9. The summed E-state index contributed by atoms with van der Waals surface area (Å²) in [6, 6.07) is 2.21. The molecule has 1 unspecified atom stereocenters. The van der Waals surface area contributed by atoms with Crippen molar-refractivity contribution < 1.29 is 18.6 Å². The first-order valence-corrected chi connectivity index (χ1v) is 3.77. The lowest BCUT2D eigenvalue weighted by Crippen LogP contribution is -1.98. The van der Waals surface area contributed by atoms with Crippen LogP contribution in [0.15, 0.2) is 12.1 Å². The van der Waals surface area contributed by atoms with Crippen LogP contribution in [0.3, 0.4) is 0 Å². The molecule has 1 aromatic rings. The Hall–Kier alpha value is -1.16. The number of methoxy groups -OCH3 is 1. The van der Waals surface area contributed by atoms with Crippen LogP contribution in [0.4, 0.5) is 8.78 Å². The Morgan fingerprint density at radius 1 is 1.38 bits per heavy atom. The summed E-state index contributed by atoms with van der Waals surface area (Å²) in [6.07, 6.45) is -0.844. The minimum atomic E-state index is -1.04. The van der Waals surface area contributed by atoms with Crippen LogP contribution in [0, 0.1) is 11.6 Å². The lowest BCUT2D eigenvalue weighted by molar-refractivity contribution is 0.198. The van der Waals surface area contributed by atoms with Gasteiger partial charge in [-0.25, -0.2) is 4.39 Å². The van der Waals surface area contributed by atoms with Gasteiger partial charge in [-0.05, 0) is 24.6 Å². The minimum Gasteiger partial charge on any atom is -0.494 e. The first-order valence-electron chi connectivity index (χ1n) is 3.77. The number of ether oxygens (including phenoxy) is 1. The monoisotopic (exact) mass is 188 g/mol. The first-order chi connectivity index (χ1) is 6.06. The van der Waals surface area contributed by atoms with E-state index in [0.29, 0.717) is 0 Å². The Kier molecular flexibility index (Phi) is 2.83. The molecular weight excluding hydrogens is 178 g/mol. The molecule has 0 bridgehead atoms. The van der Waals surface area contributed by atoms with E-state index in [2.05, 4.69) is 4.74 Å². The zero-order valence-electron chi connectivity index (χ0n) is 7.34. The van der Waals surface area contributed by atoms with Crippen molar-refractivity contribution in [1.29, 1.82) is 0 Å². The van der Waals surface area contributed by atoms with Gasteiger partial charge in [-0.1, -0.05) is 0 Å². The van der Waals surface area contributed by atoms with Gasteiger partial charge in [-0.3, -0.25) is 0 Å². The van der Waals surface area contributed by atoms with Crippen LogP contribution in [0.1, 0.15) is 18.6 Å². The van der Waals surface area contributed by atoms with Crippen molar-refractivity contribution in [3.63, 3.8) is 0 Å². The fraction of sp³-hybridized carbons (Fsp3) is 0.333. The van der Waals surface area contributed by atoms with E-state index in [9.17, 15) is 8.78 Å². The molecule has 0 aliphatic rings. The van der Waals surface area contributed by atoms with Crippen LogP contribution in [0.2, 0.25) is 0 Å². The number of aliphatic hydroxyl groups excluding tert-OH is 1. The third-order valence-electron chi connectivity index (χ3n) is 1.72. The van der Waals surface area contributed by atoms with Gasteiger partial charge in [0.25, 0.3) is 0 Å². The summed E-state index contributed by atoms with van der Waals surface area (Å²) < 4.78 is 30.3. The Morgan fingerprint density at radius 2 is 2.00 bits per heavy atom. The Balaban J connectivity index is 3.22. The molecule has 1 aromatic carbocycles. The van der Waals surface area contributed by atoms with Gasteiger partial charge in [0.1, 0.15) is 0 Å². The van der Waals surface area contributed by atoms with Crippen molar-refractivity contribution >= 4 is 0 Å². The summed E-state index contributed by atoms with van der Waals surface area (Å²) in [7, 11) is 1.24. The number of rotatable bonds is 2. The van der Waals surface area contributed by atoms with Crippen LogP contribution in [0.5, 0.6) is 5.75 Å². The summed E-state index contributed by atoms with van der Waals surface area (Å²) in [5.41, 5.74) is 0.288. The van der Waals surface area contributed by atoms with Gasteiger partial charge in [0.05, 0.1) is 13.2 Å². The Morgan fingerprint density at radius 3 is 2.46 bits per heavy atom. The van der Waals surface area contributed by atoms with E-state index < -0.39 is 17.7 Å². The minimum absolute atomic E-state index is 0.198. The van der Waals surface area contributed by atoms with Gasteiger partial charge >= 0.3 is 0 Å². The van der Waals surface area contributed by atoms with E-state index in [1.165, 1.54) is 20.1 Å². The highest BCUT2D eigenvalue weighted by molar-refractivity contribution is 5.32. The van der Waals surface area contributed by atoms with Crippen LogP contribution in [0.25, 0.3) is 0 Å². The molecule has 0 aromatic heterocycles. The summed E-state index contributed by atoms with van der Waals surface area (Å²) in [6.45, 7) is 1.46. The quantitative estimate of drug-likeness (QED) is 0.769. The second-order valence-electron chi connectivity index (χ2n) is 2.69. The number of hydrogen-bond acceptors (Lipinski definition) is 2. The predicted molar refractivity (Wildman–Crippen MR) is 43.5 cm³/mol. The number of hydrogen-bond donors (Lipinski definition) is 1. The van der Waals surface area contributed by atoms with E-state index in [1.807, 2.05) is 0 Å². The maximum Gasteiger partial charge on any atom is 0.200 e. The molecule has 4 heteroatoms. The van der Waals surface area contributed by atoms with Gasteiger partial charge in [0.2, 0.25) is 5.82 Å². The predicted octanol–water partition coefficient (Wildman–Crippen LogP) is 2.03. The molecule has 1 N–H and O–H groups in total. The fourth-order valence-electron chi connectivity index (χ4n) is 0.974. The molecule has 0 aliphatic heterocycles. The largest absolute Gasteiger partial charge is 0.494 e.